The number of nitrogens with one attached hydrogen (secondary N) is 3. The molecule has 4 rings (SSSR count). The van der Waals surface area contributed by atoms with Crippen LogP contribution in [0, 0.1) is 13.8 Å². The van der Waals surface area contributed by atoms with Crippen LogP contribution >= 0.6 is 0 Å². The Balaban J connectivity index is 1.46. The van der Waals surface area contributed by atoms with Crippen LogP contribution in [0.15, 0.2) is 66.9 Å². The Hall–Kier alpha value is -4.70. The smallest absolute Gasteiger partial charge is 0.324 e. The molecule has 0 aliphatic rings. The Morgan fingerprint density at radius 3 is 2.35 bits per heavy atom. The number of methoxy groups -OCH3 is 1. The van der Waals surface area contributed by atoms with Gasteiger partial charge in [-0.1, -0.05) is 38.5 Å². The molecular formula is C30H34N6O4. The van der Waals surface area contributed by atoms with Crippen LogP contribution in [0.25, 0.3) is 5.69 Å². The largest absolute Gasteiger partial charge is 0.457 e. The van der Waals surface area contributed by atoms with Crippen LogP contribution in [-0.4, -0.2) is 40.4 Å². The Morgan fingerprint density at radius 1 is 0.925 bits per heavy atom. The molecule has 208 valence electrons. The van der Waals surface area contributed by atoms with Crippen LogP contribution < -0.4 is 20.7 Å². The van der Waals surface area contributed by atoms with Gasteiger partial charge in [-0.15, -0.1) is 0 Å². The first-order valence-electron chi connectivity index (χ1n) is 12.8. The number of pyridine rings is 1. The van der Waals surface area contributed by atoms with Gasteiger partial charge < -0.3 is 20.1 Å². The van der Waals surface area contributed by atoms with Crippen molar-refractivity contribution in [1.29, 1.82) is 0 Å². The summed E-state index contributed by atoms with van der Waals surface area (Å²) in [6.07, 6.45) is 1.54. The van der Waals surface area contributed by atoms with E-state index in [4.69, 9.17) is 14.6 Å². The van der Waals surface area contributed by atoms with Gasteiger partial charge in [-0.3, -0.25) is 10.1 Å². The lowest BCUT2D eigenvalue weighted by molar-refractivity contribution is -0.119. The number of rotatable bonds is 8. The third-order valence-electron chi connectivity index (χ3n) is 5.93. The number of urea groups is 1. The molecule has 10 heteroatoms. The van der Waals surface area contributed by atoms with Crippen molar-refractivity contribution in [2.75, 3.05) is 29.7 Å². The Labute approximate surface area is 233 Å². The number of amides is 3. The summed E-state index contributed by atoms with van der Waals surface area (Å²) in [5, 5.41) is 13.2. The Kier molecular flexibility index (Phi) is 8.49. The molecule has 40 heavy (non-hydrogen) atoms. The number of hydrogen-bond acceptors (Lipinski definition) is 6. The number of carbonyl (C=O) groups excluding carboxylic acids is 2. The predicted molar refractivity (Wildman–Crippen MR) is 156 cm³/mol. The van der Waals surface area contributed by atoms with Crippen molar-refractivity contribution >= 4 is 29.3 Å². The van der Waals surface area contributed by atoms with Crippen LogP contribution in [0.1, 0.15) is 37.6 Å². The summed E-state index contributed by atoms with van der Waals surface area (Å²) >= 11 is 0. The lowest BCUT2D eigenvalue weighted by atomic mass is 9.92. The molecule has 0 aliphatic carbocycles. The third-order valence-corrected chi connectivity index (χ3v) is 5.93. The second kappa shape index (κ2) is 12.0. The third kappa shape index (κ3) is 7.23. The summed E-state index contributed by atoms with van der Waals surface area (Å²) in [6.45, 7) is 10.1. The summed E-state index contributed by atoms with van der Waals surface area (Å²) in [6, 6.07) is 18.1. The Morgan fingerprint density at radius 2 is 1.68 bits per heavy atom. The average Bonchev–Trinajstić information content (AvgIpc) is 3.31. The Bertz CT molecular complexity index is 1510. The van der Waals surface area contributed by atoms with Crippen molar-refractivity contribution in [3.63, 3.8) is 0 Å². The zero-order valence-electron chi connectivity index (χ0n) is 23.5. The lowest BCUT2D eigenvalue weighted by Gasteiger charge is -2.14. The molecule has 0 fully saturated rings. The van der Waals surface area contributed by atoms with Crippen LogP contribution in [-0.2, 0) is 14.9 Å². The van der Waals surface area contributed by atoms with Gasteiger partial charge in [-0.2, -0.15) is 5.10 Å². The van der Waals surface area contributed by atoms with Crippen molar-refractivity contribution in [2.45, 2.75) is 40.0 Å². The standard InChI is InChI=1S/C30H34N6O4/c1-19-7-10-22(11-8-19)36-27(17-25(35-36)30(3,4)5)34-29(38)32-21-9-12-24(20(2)15-21)40-23-13-14-31-26(16-23)33-28(37)18-39-6/h7-17H,18H2,1-6H3,(H,31,33,37)(H2,32,34,38). The molecule has 0 atom stereocenters. The molecule has 0 bridgehead atoms. The predicted octanol–water partition coefficient (Wildman–Crippen LogP) is 6.20. The van der Waals surface area contributed by atoms with E-state index in [1.807, 2.05) is 50.2 Å². The maximum Gasteiger partial charge on any atom is 0.324 e. The van der Waals surface area contributed by atoms with Gasteiger partial charge in [0.05, 0.1) is 11.4 Å². The minimum Gasteiger partial charge on any atom is -0.457 e. The van der Waals surface area contributed by atoms with Crippen LogP contribution in [0.5, 0.6) is 11.5 Å². The highest BCUT2D eigenvalue weighted by Crippen LogP contribution is 2.29. The second-order valence-corrected chi connectivity index (χ2v) is 10.4. The molecule has 2 aromatic heterocycles. The summed E-state index contributed by atoms with van der Waals surface area (Å²) in [7, 11) is 1.45. The maximum atomic E-state index is 13.0. The zero-order valence-corrected chi connectivity index (χ0v) is 23.5. The van der Waals surface area contributed by atoms with Crippen molar-refractivity contribution < 1.29 is 19.1 Å². The first-order chi connectivity index (χ1) is 19.0. The molecule has 3 N–H and O–H groups in total. The number of aromatic nitrogens is 3. The highest BCUT2D eigenvalue weighted by atomic mass is 16.5. The van der Waals surface area contributed by atoms with Crippen LogP contribution in [0.4, 0.5) is 22.1 Å². The first kappa shape index (κ1) is 28.3. The van der Waals surface area contributed by atoms with E-state index in [0.717, 1.165) is 22.5 Å². The molecule has 0 radical (unpaired) electrons. The number of nitrogens with zero attached hydrogens (tertiary/aromatic N) is 3. The quantitative estimate of drug-likeness (QED) is 0.244. The van der Waals surface area contributed by atoms with Gasteiger partial charge >= 0.3 is 6.03 Å². The monoisotopic (exact) mass is 542 g/mol. The lowest BCUT2D eigenvalue weighted by Crippen LogP contribution is -2.21. The fraction of sp³-hybridized carbons (Fsp3) is 0.267. The van der Waals surface area contributed by atoms with E-state index in [9.17, 15) is 9.59 Å². The average molecular weight is 543 g/mol. The molecule has 0 saturated carbocycles. The highest BCUT2D eigenvalue weighted by molar-refractivity contribution is 5.99. The number of hydrogen-bond donors (Lipinski definition) is 3. The van der Waals surface area contributed by atoms with E-state index in [1.165, 1.54) is 7.11 Å². The van der Waals surface area contributed by atoms with Crippen molar-refractivity contribution in [3.05, 3.63) is 83.7 Å². The molecule has 0 saturated heterocycles. The van der Waals surface area contributed by atoms with Gasteiger partial charge in [0.15, 0.2) is 0 Å². The number of benzene rings is 2. The maximum absolute atomic E-state index is 13.0. The molecule has 0 spiro atoms. The van der Waals surface area contributed by atoms with Crippen molar-refractivity contribution in [2.24, 2.45) is 0 Å². The van der Waals surface area contributed by atoms with E-state index in [0.29, 0.717) is 28.8 Å². The van der Waals surface area contributed by atoms with Gasteiger partial charge in [0.1, 0.15) is 29.7 Å². The summed E-state index contributed by atoms with van der Waals surface area (Å²) < 4.78 is 12.6. The van der Waals surface area contributed by atoms with Gasteiger partial charge in [0.2, 0.25) is 0 Å². The van der Waals surface area contributed by atoms with Crippen molar-refractivity contribution in [3.8, 4) is 17.2 Å². The van der Waals surface area contributed by atoms with Crippen molar-refractivity contribution in [1.82, 2.24) is 14.8 Å². The molecule has 4 aromatic rings. The number of carbonyl (C=O) groups is 2. The fourth-order valence-corrected chi connectivity index (χ4v) is 3.82. The second-order valence-electron chi connectivity index (χ2n) is 10.4. The molecule has 10 nitrogen and oxygen atoms in total. The van der Waals surface area contributed by atoms with Crippen LogP contribution in [0.3, 0.4) is 0 Å². The van der Waals surface area contributed by atoms with Gasteiger partial charge in [-0.25, -0.2) is 14.5 Å². The van der Waals surface area contributed by atoms with Gasteiger partial charge in [0, 0.05) is 36.5 Å². The number of anilines is 3. The minimum atomic E-state index is -0.396. The van der Waals surface area contributed by atoms with E-state index in [1.54, 1.807) is 35.1 Å². The molecule has 2 heterocycles. The molecule has 3 amide bonds. The normalized spacial score (nSPS) is 11.2. The van der Waals surface area contributed by atoms with E-state index in [-0.39, 0.29) is 17.9 Å². The van der Waals surface area contributed by atoms with Crippen LogP contribution in [0.2, 0.25) is 0 Å². The fourth-order valence-electron chi connectivity index (χ4n) is 3.82. The van der Waals surface area contributed by atoms with E-state index >= 15 is 0 Å². The molecule has 0 aliphatic heterocycles. The number of aryl methyl sites for hydroxylation is 2. The number of ether oxygens (including phenoxy) is 2. The molecular weight excluding hydrogens is 508 g/mol. The zero-order chi connectivity index (χ0) is 28.9. The SMILES string of the molecule is COCC(=O)Nc1cc(Oc2ccc(NC(=O)Nc3cc(C(C)(C)C)nn3-c3ccc(C)cc3)cc2C)ccn1. The summed E-state index contributed by atoms with van der Waals surface area (Å²) in [4.78, 5) is 28.9. The topological polar surface area (TPSA) is 119 Å². The first-order valence-corrected chi connectivity index (χ1v) is 12.8. The minimum absolute atomic E-state index is 0.0695. The summed E-state index contributed by atoms with van der Waals surface area (Å²) in [5.41, 5.74) is 4.06. The summed E-state index contributed by atoms with van der Waals surface area (Å²) in [5.74, 6) is 1.70. The highest BCUT2D eigenvalue weighted by Gasteiger charge is 2.21. The van der Waals surface area contributed by atoms with E-state index < -0.39 is 6.03 Å². The van der Waals surface area contributed by atoms with Gasteiger partial charge in [-0.05, 0) is 55.8 Å². The molecule has 2 aromatic carbocycles. The molecule has 0 unspecified atom stereocenters. The van der Waals surface area contributed by atoms with Gasteiger partial charge in [0.25, 0.3) is 5.91 Å². The van der Waals surface area contributed by atoms with E-state index in [2.05, 4.69) is 41.7 Å².